The van der Waals surface area contributed by atoms with Gasteiger partial charge in [0.15, 0.2) is 0 Å². The summed E-state index contributed by atoms with van der Waals surface area (Å²) in [5, 5.41) is 0. The van der Waals surface area contributed by atoms with Gasteiger partial charge in [-0.05, 0) is 23.6 Å². The Morgan fingerprint density at radius 3 is 2.26 bits per heavy atom. The second kappa shape index (κ2) is 4.97. The summed E-state index contributed by atoms with van der Waals surface area (Å²) in [5.41, 5.74) is 2.09. The van der Waals surface area contributed by atoms with Gasteiger partial charge in [-0.2, -0.15) is 0 Å². The number of hydrogen-bond donors (Lipinski definition) is 0. The number of rotatable bonds is 2. The van der Waals surface area contributed by atoms with Crippen molar-refractivity contribution in [3.63, 3.8) is 0 Å². The molecule has 102 valence electrons. The van der Waals surface area contributed by atoms with E-state index in [0.717, 1.165) is 31.9 Å². The zero-order chi connectivity index (χ0) is 13.4. The van der Waals surface area contributed by atoms with Gasteiger partial charge in [0.05, 0.1) is 13.2 Å². The molecule has 3 nitrogen and oxygen atoms in total. The molecule has 2 atom stereocenters. The molecule has 0 bridgehead atoms. The number of likely N-dealkylation sites (tertiary alicyclic amines) is 1. The lowest BCUT2D eigenvalue weighted by Gasteiger charge is -2.17. The van der Waals surface area contributed by atoms with Gasteiger partial charge in [0, 0.05) is 30.5 Å². The summed E-state index contributed by atoms with van der Waals surface area (Å²) < 4.78 is 5.45. The van der Waals surface area contributed by atoms with Gasteiger partial charge in [-0.3, -0.25) is 4.79 Å². The molecule has 3 rings (SSSR count). The Bertz CT molecular complexity index is 454. The van der Waals surface area contributed by atoms with E-state index in [1.165, 1.54) is 5.56 Å². The number of benzene rings is 1. The van der Waals surface area contributed by atoms with Gasteiger partial charge >= 0.3 is 0 Å². The summed E-state index contributed by atoms with van der Waals surface area (Å²) in [6, 6.07) is 8.06. The van der Waals surface area contributed by atoms with Gasteiger partial charge in [0.25, 0.3) is 5.91 Å². The SMILES string of the molecule is CC(C)c1ccc(C(=O)N2CC3COCC3C2)cc1. The standard InChI is InChI=1S/C16H21NO2/c1-11(2)12-3-5-13(6-4-12)16(18)17-7-14-9-19-10-15(14)8-17/h3-6,11,14-15H,7-10H2,1-2H3. The van der Waals surface area contributed by atoms with Crippen LogP contribution in [0, 0.1) is 11.8 Å². The first kappa shape index (κ1) is 12.7. The van der Waals surface area contributed by atoms with Crippen molar-refractivity contribution in [2.75, 3.05) is 26.3 Å². The highest BCUT2D eigenvalue weighted by Crippen LogP contribution is 2.30. The van der Waals surface area contributed by atoms with Crippen molar-refractivity contribution in [1.29, 1.82) is 0 Å². The van der Waals surface area contributed by atoms with Crippen molar-refractivity contribution in [1.82, 2.24) is 4.90 Å². The van der Waals surface area contributed by atoms with Gasteiger partial charge in [-0.1, -0.05) is 26.0 Å². The Morgan fingerprint density at radius 1 is 1.16 bits per heavy atom. The van der Waals surface area contributed by atoms with Gasteiger partial charge in [0.2, 0.25) is 0 Å². The first-order chi connectivity index (χ1) is 9.15. The van der Waals surface area contributed by atoms with E-state index in [9.17, 15) is 4.79 Å². The Labute approximate surface area is 114 Å². The number of hydrogen-bond acceptors (Lipinski definition) is 2. The minimum Gasteiger partial charge on any atom is -0.381 e. The van der Waals surface area contributed by atoms with Crippen molar-refractivity contribution in [2.45, 2.75) is 19.8 Å². The predicted octanol–water partition coefficient (Wildman–Crippen LogP) is 2.53. The van der Waals surface area contributed by atoms with Crippen molar-refractivity contribution in [2.24, 2.45) is 11.8 Å². The van der Waals surface area contributed by atoms with Crippen LogP contribution >= 0.6 is 0 Å². The summed E-state index contributed by atoms with van der Waals surface area (Å²) in [6.45, 7) is 7.68. The first-order valence-electron chi connectivity index (χ1n) is 7.12. The third-order valence-corrected chi connectivity index (χ3v) is 4.35. The van der Waals surface area contributed by atoms with E-state index in [2.05, 4.69) is 26.0 Å². The summed E-state index contributed by atoms with van der Waals surface area (Å²) in [6.07, 6.45) is 0. The summed E-state index contributed by atoms with van der Waals surface area (Å²) in [5.74, 6) is 1.79. The maximum Gasteiger partial charge on any atom is 0.253 e. The molecule has 2 unspecified atom stereocenters. The normalized spacial score (nSPS) is 25.9. The van der Waals surface area contributed by atoms with Crippen LogP contribution in [0.25, 0.3) is 0 Å². The van der Waals surface area contributed by atoms with Crippen molar-refractivity contribution < 1.29 is 9.53 Å². The molecule has 2 fully saturated rings. The molecule has 0 radical (unpaired) electrons. The van der Waals surface area contributed by atoms with Crippen LogP contribution in [0.4, 0.5) is 0 Å². The third kappa shape index (κ3) is 2.39. The topological polar surface area (TPSA) is 29.5 Å². The summed E-state index contributed by atoms with van der Waals surface area (Å²) in [4.78, 5) is 14.4. The Kier molecular flexibility index (Phi) is 3.31. The van der Waals surface area contributed by atoms with E-state index in [-0.39, 0.29) is 5.91 Å². The minimum atomic E-state index is 0.171. The monoisotopic (exact) mass is 259 g/mol. The molecule has 0 spiro atoms. The van der Waals surface area contributed by atoms with Crippen LogP contribution in [0.2, 0.25) is 0 Å². The van der Waals surface area contributed by atoms with Crippen molar-refractivity contribution in [3.8, 4) is 0 Å². The zero-order valence-electron chi connectivity index (χ0n) is 11.6. The Morgan fingerprint density at radius 2 is 1.74 bits per heavy atom. The van der Waals surface area contributed by atoms with Crippen molar-refractivity contribution in [3.05, 3.63) is 35.4 Å². The van der Waals surface area contributed by atoms with Crippen LogP contribution in [0.3, 0.4) is 0 Å². The molecule has 0 saturated carbocycles. The number of carbonyl (C=O) groups excluding carboxylic acids is 1. The van der Waals surface area contributed by atoms with E-state index in [1.807, 2.05) is 17.0 Å². The van der Waals surface area contributed by atoms with Crippen LogP contribution < -0.4 is 0 Å². The van der Waals surface area contributed by atoms with E-state index in [4.69, 9.17) is 4.74 Å². The molecule has 2 aliphatic heterocycles. The molecule has 2 saturated heterocycles. The smallest absolute Gasteiger partial charge is 0.253 e. The van der Waals surface area contributed by atoms with Gasteiger partial charge in [-0.15, -0.1) is 0 Å². The lowest BCUT2D eigenvalue weighted by molar-refractivity contribution is 0.0751. The van der Waals surface area contributed by atoms with E-state index in [0.29, 0.717) is 17.8 Å². The molecular formula is C16H21NO2. The van der Waals surface area contributed by atoms with E-state index >= 15 is 0 Å². The molecule has 0 aliphatic carbocycles. The highest BCUT2D eigenvalue weighted by Gasteiger charge is 2.39. The lowest BCUT2D eigenvalue weighted by Crippen LogP contribution is -2.30. The molecule has 0 aromatic heterocycles. The summed E-state index contributed by atoms with van der Waals surface area (Å²) in [7, 11) is 0. The molecule has 1 aromatic rings. The lowest BCUT2D eigenvalue weighted by atomic mass is 10.0. The van der Waals surface area contributed by atoms with Gasteiger partial charge in [0.1, 0.15) is 0 Å². The average Bonchev–Trinajstić information content (AvgIpc) is 2.98. The molecule has 1 aromatic carbocycles. The van der Waals surface area contributed by atoms with Crippen LogP contribution in [0.5, 0.6) is 0 Å². The van der Waals surface area contributed by atoms with Crippen molar-refractivity contribution >= 4 is 5.91 Å². The minimum absolute atomic E-state index is 0.171. The Balaban J connectivity index is 1.70. The molecule has 19 heavy (non-hydrogen) atoms. The van der Waals surface area contributed by atoms with E-state index in [1.54, 1.807) is 0 Å². The molecule has 2 aliphatic rings. The number of carbonyl (C=O) groups is 1. The van der Waals surface area contributed by atoms with Gasteiger partial charge in [-0.25, -0.2) is 0 Å². The summed E-state index contributed by atoms with van der Waals surface area (Å²) >= 11 is 0. The number of ether oxygens (including phenoxy) is 1. The largest absolute Gasteiger partial charge is 0.381 e. The van der Waals surface area contributed by atoms with Gasteiger partial charge < -0.3 is 9.64 Å². The highest BCUT2D eigenvalue weighted by atomic mass is 16.5. The number of amides is 1. The molecular weight excluding hydrogens is 238 g/mol. The number of fused-ring (bicyclic) bond motifs is 1. The fraction of sp³-hybridized carbons (Fsp3) is 0.562. The maximum absolute atomic E-state index is 12.4. The molecule has 1 amide bonds. The van der Waals surface area contributed by atoms with Crippen LogP contribution in [-0.4, -0.2) is 37.1 Å². The van der Waals surface area contributed by atoms with Crippen LogP contribution in [0.1, 0.15) is 35.7 Å². The van der Waals surface area contributed by atoms with Crippen LogP contribution in [-0.2, 0) is 4.74 Å². The first-order valence-corrected chi connectivity index (χ1v) is 7.12. The quantitative estimate of drug-likeness (QED) is 0.817. The second-order valence-corrected chi connectivity index (χ2v) is 6.04. The second-order valence-electron chi connectivity index (χ2n) is 6.04. The van der Waals surface area contributed by atoms with Crippen LogP contribution in [0.15, 0.2) is 24.3 Å². The molecule has 0 N–H and O–H groups in total. The fourth-order valence-corrected chi connectivity index (χ4v) is 3.05. The zero-order valence-corrected chi connectivity index (χ0v) is 11.6. The fourth-order valence-electron chi connectivity index (χ4n) is 3.05. The number of nitrogens with zero attached hydrogens (tertiary/aromatic N) is 1. The third-order valence-electron chi connectivity index (χ3n) is 4.35. The maximum atomic E-state index is 12.4. The molecule has 3 heteroatoms. The Hall–Kier alpha value is -1.35. The average molecular weight is 259 g/mol. The van der Waals surface area contributed by atoms with E-state index < -0.39 is 0 Å². The molecule has 2 heterocycles. The highest BCUT2D eigenvalue weighted by molar-refractivity contribution is 5.94. The predicted molar refractivity (Wildman–Crippen MR) is 74.2 cm³/mol.